The molecule has 1 saturated heterocycles. The zero-order chi connectivity index (χ0) is 10.6. The maximum Gasteiger partial charge on any atom is 0.280 e. The van der Waals surface area contributed by atoms with Gasteiger partial charge in [-0.1, -0.05) is 6.92 Å². The van der Waals surface area contributed by atoms with E-state index in [1.807, 2.05) is 6.07 Å². The van der Waals surface area contributed by atoms with E-state index in [9.17, 15) is 8.42 Å². The molecule has 0 radical (unpaired) electrons. The summed E-state index contributed by atoms with van der Waals surface area (Å²) in [4.78, 5) is 0. The third-order valence-electron chi connectivity index (χ3n) is 2.24. The van der Waals surface area contributed by atoms with Crippen molar-refractivity contribution in [2.24, 2.45) is 0 Å². The highest BCUT2D eigenvalue weighted by Gasteiger charge is 2.31. The van der Waals surface area contributed by atoms with Crippen LogP contribution in [0.3, 0.4) is 0 Å². The first-order valence-corrected chi connectivity index (χ1v) is 6.22. The molecule has 0 aliphatic carbocycles. The van der Waals surface area contributed by atoms with Gasteiger partial charge in [0.1, 0.15) is 6.04 Å². The van der Waals surface area contributed by atoms with Gasteiger partial charge in [0.15, 0.2) is 0 Å². The minimum atomic E-state index is -3.43. The molecule has 0 amide bonds. The number of hydrogen-bond acceptors (Lipinski definition) is 3. The summed E-state index contributed by atoms with van der Waals surface area (Å²) < 4.78 is 26.9. The molecule has 1 aliphatic heterocycles. The standard InChI is InChI=1S/C8H15N3O2S/c1-2-10-14(12,13)11-6-4-3-5-8(11)7-9/h8,10H,2-6H2,1H3. The second-order valence-corrected chi connectivity index (χ2v) is 4.96. The Balaban J connectivity index is 2.79. The Labute approximate surface area is 84.9 Å². The average molecular weight is 217 g/mol. The van der Waals surface area contributed by atoms with Crippen LogP contribution in [-0.4, -0.2) is 31.9 Å². The summed E-state index contributed by atoms with van der Waals surface area (Å²) in [5.74, 6) is 0. The van der Waals surface area contributed by atoms with Crippen molar-refractivity contribution in [2.45, 2.75) is 32.2 Å². The molecule has 1 rings (SSSR count). The summed E-state index contributed by atoms with van der Waals surface area (Å²) in [5.41, 5.74) is 0. The van der Waals surface area contributed by atoms with Crippen LogP contribution in [0, 0.1) is 11.3 Å². The van der Waals surface area contributed by atoms with Crippen LogP contribution in [0.15, 0.2) is 0 Å². The summed E-state index contributed by atoms with van der Waals surface area (Å²) in [7, 11) is -3.43. The molecule has 0 aromatic heterocycles. The van der Waals surface area contributed by atoms with Crippen LogP contribution in [-0.2, 0) is 10.2 Å². The van der Waals surface area contributed by atoms with Gasteiger partial charge >= 0.3 is 0 Å². The van der Waals surface area contributed by atoms with E-state index in [4.69, 9.17) is 5.26 Å². The predicted molar refractivity (Wildman–Crippen MR) is 52.6 cm³/mol. The van der Waals surface area contributed by atoms with Crippen LogP contribution in [0.25, 0.3) is 0 Å². The summed E-state index contributed by atoms with van der Waals surface area (Å²) in [6.07, 6.45) is 2.40. The number of hydrogen-bond donors (Lipinski definition) is 1. The zero-order valence-corrected chi connectivity index (χ0v) is 9.05. The molecule has 1 unspecified atom stereocenters. The minimum Gasteiger partial charge on any atom is -0.202 e. The molecule has 1 fully saturated rings. The minimum absolute atomic E-state index is 0.358. The first-order valence-electron chi connectivity index (χ1n) is 4.78. The van der Waals surface area contributed by atoms with E-state index in [-0.39, 0.29) is 0 Å². The Hall–Kier alpha value is -0.640. The van der Waals surface area contributed by atoms with Crippen molar-refractivity contribution in [2.75, 3.05) is 13.1 Å². The number of piperidine rings is 1. The molecule has 0 bridgehead atoms. The molecule has 0 aromatic rings. The molecular weight excluding hydrogens is 202 g/mol. The molecule has 5 nitrogen and oxygen atoms in total. The second kappa shape index (κ2) is 4.73. The van der Waals surface area contributed by atoms with E-state index in [2.05, 4.69) is 4.72 Å². The fourth-order valence-corrected chi connectivity index (χ4v) is 2.97. The fraction of sp³-hybridized carbons (Fsp3) is 0.875. The number of nitriles is 1. The van der Waals surface area contributed by atoms with Gasteiger partial charge in [-0.25, -0.2) is 4.72 Å². The van der Waals surface area contributed by atoms with Gasteiger partial charge in [0, 0.05) is 13.1 Å². The molecular formula is C8H15N3O2S. The van der Waals surface area contributed by atoms with E-state index in [1.165, 1.54) is 4.31 Å². The van der Waals surface area contributed by atoms with E-state index < -0.39 is 16.3 Å². The van der Waals surface area contributed by atoms with Crippen molar-refractivity contribution in [3.05, 3.63) is 0 Å². The third-order valence-corrected chi connectivity index (χ3v) is 3.95. The van der Waals surface area contributed by atoms with Gasteiger partial charge in [-0.15, -0.1) is 0 Å². The van der Waals surface area contributed by atoms with E-state index >= 15 is 0 Å². The molecule has 0 aromatic carbocycles. The first-order chi connectivity index (χ1) is 6.61. The Morgan fingerprint density at radius 3 is 2.86 bits per heavy atom. The summed E-state index contributed by atoms with van der Waals surface area (Å²) >= 11 is 0. The van der Waals surface area contributed by atoms with Crippen LogP contribution >= 0.6 is 0 Å². The second-order valence-electron chi connectivity index (χ2n) is 3.25. The summed E-state index contributed by atoms with van der Waals surface area (Å²) in [6, 6.07) is 1.53. The highest BCUT2D eigenvalue weighted by Crippen LogP contribution is 2.18. The Morgan fingerprint density at radius 2 is 2.29 bits per heavy atom. The van der Waals surface area contributed by atoms with E-state index in [1.54, 1.807) is 6.92 Å². The molecule has 1 N–H and O–H groups in total. The van der Waals surface area contributed by atoms with Crippen LogP contribution < -0.4 is 4.72 Å². The zero-order valence-electron chi connectivity index (χ0n) is 8.23. The molecule has 0 spiro atoms. The van der Waals surface area contributed by atoms with Crippen molar-refractivity contribution >= 4 is 10.2 Å². The largest absolute Gasteiger partial charge is 0.280 e. The van der Waals surface area contributed by atoms with Gasteiger partial charge < -0.3 is 0 Å². The van der Waals surface area contributed by atoms with Gasteiger partial charge in [-0.3, -0.25) is 0 Å². The van der Waals surface area contributed by atoms with E-state index in [0.717, 1.165) is 12.8 Å². The number of nitrogens with one attached hydrogen (secondary N) is 1. The maximum absolute atomic E-state index is 11.6. The topological polar surface area (TPSA) is 73.2 Å². The molecule has 1 aliphatic rings. The molecule has 1 atom stereocenters. The SMILES string of the molecule is CCNS(=O)(=O)N1CCCCC1C#N. The van der Waals surface area contributed by atoms with Crippen LogP contribution in [0.5, 0.6) is 0 Å². The maximum atomic E-state index is 11.6. The lowest BCUT2D eigenvalue weighted by Crippen LogP contribution is -2.48. The van der Waals surface area contributed by atoms with Crippen molar-refractivity contribution in [1.82, 2.24) is 9.03 Å². The van der Waals surface area contributed by atoms with Crippen molar-refractivity contribution in [3.8, 4) is 6.07 Å². The third kappa shape index (κ3) is 2.44. The highest BCUT2D eigenvalue weighted by molar-refractivity contribution is 7.87. The van der Waals surface area contributed by atoms with Gasteiger partial charge in [0.2, 0.25) is 0 Å². The molecule has 14 heavy (non-hydrogen) atoms. The first kappa shape index (κ1) is 11.4. The number of nitrogens with zero attached hydrogens (tertiary/aromatic N) is 2. The normalized spacial score (nSPS) is 24.4. The number of rotatable bonds is 3. The summed E-state index contributed by atoms with van der Waals surface area (Å²) in [5, 5.41) is 8.81. The summed E-state index contributed by atoms with van der Waals surface area (Å²) in [6.45, 7) is 2.54. The van der Waals surface area contributed by atoms with Gasteiger partial charge in [0.05, 0.1) is 6.07 Å². The average Bonchev–Trinajstić information content (AvgIpc) is 2.18. The van der Waals surface area contributed by atoms with Crippen LogP contribution in [0.2, 0.25) is 0 Å². The monoisotopic (exact) mass is 217 g/mol. The Morgan fingerprint density at radius 1 is 1.57 bits per heavy atom. The van der Waals surface area contributed by atoms with Crippen LogP contribution in [0.1, 0.15) is 26.2 Å². The van der Waals surface area contributed by atoms with Crippen molar-refractivity contribution in [1.29, 1.82) is 5.26 Å². The predicted octanol–water partition coefficient (Wildman–Crippen LogP) is 0.219. The lowest BCUT2D eigenvalue weighted by Gasteiger charge is -2.29. The molecule has 6 heteroatoms. The lowest BCUT2D eigenvalue weighted by molar-refractivity contribution is 0.293. The molecule has 80 valence electrons. The molecule has 1 heterocycles. The highest BCUT2D eigenvalue weighted by atomic mass is 32.2. The van der Waals surface area contributed by atoms with Gasteiger partial charge in [-0.05, 0) is 19.3 Å². The van der Waals surface area contributed by atoms with E-state index in [0.29, 0.717) is 19.5 Å². The molecule has 0 saturated carbocycles. The smallest absolute Gasteiger partial charge is 0.202 e. The van der Waals surface area contributed by atoms with Crippen molar-refractivity contribution in [3.63, 3.8) is 0 Å². The van der Waals surface area contributed by atoms with Crippen LogP contribution in [0.4, 0.5) is 0 Å². The van der Waals surface area contributed by atoms with Crippen molar-refractivity contribution < 1.29 is 8.42 Å². The quantitative estimate of drug-likeness (QED) is 0.735. The Kier molecular flexibility index (Phi) is 3.86. The Bertz CT molecular complexity index is 320. The van der Waals surface area contributed by atoms with Gasteiger partial charge in [-0.2, -0.15) is 18.0 Å². The fourth-order valence-electron chi connectivity index (χ4n) is 1.59. The lowest BCUT2D eigenvalue weighted by atomic mass is 10.1. The van der Waals surface area contributed by atoms with Gasteiger partial charge in [0.25, 0.3) is 10.2 Å².